The van der Waals surface area contributed by atoms with Crippen LogP contribution >= 0.6 is 0 Å². The Balaban J connectivity index is 2.95. The van der Waals surface area contributed by atoms with E-state index in [2.05, 4.69) is 13.8 Å². The van der Waals surface area contributed by atoms with E-state index in [0.717, 1.165) is 12.7 Å². The quantitative estimate of drug-likeness (QED) is 0.408. The van der Waals surface area contributed by atoms with Crippen molar-refractivity contribution in [2.24, 2.45) is 0 Å². The molecule has 0 aliphatic carbocycles. The average molecular weight is 185 g/mol. The zero-order valence-corrected chi connectivity index (χ0v) is 8.63. The molecule has 0 aliphatic heterocycles. The Kier molecular flexibility index (Phi) is 9.44. The number of carbonyl (C=O) groups is 1. The first-order chi connectivity index (χ1) is 6.31. The van der Waals surface area contributed by atoms with Crippen LogP contribution in [0.5, 0.6) is 0 Å². The average Bonchev–Trinajstić information content (AvgIpc) is 2.16. The Morgan fingerprint density at radius 3 is 2.46 bits per heavy atom. The zero-order valence-electron chi connectivity index (χ0n) is 8.63. The van der Waals surface area contributed by atoms with Crippen molar-refractivity contribution in [3.63, 3.8) is 0 Å². The molecule has 0 aliphatic rings. The number of hydrogen-bond donors (Lipinski definition) is 0. The second-order valence-corrected chi connectivity index (χ2v) is 3.31. The molecule has 0 saturated carbocycles. The van der Waals surface area contributed by atoms with Crippen LogP contribution < -0.4 is 0 Å². The maximum Gasteiger partial charge on any atom is 0.148 e. The van der Waals surface area contributed by atoms with Gasteiger partial charge in [0.2, 0.25) is 0 Å². The summed E-state index contributed by atoms with van der Waals surface area (Å²) in [6, 6.07) is 0. The summed E-state index contributed by atoms with van der Waals surface area (Å²) in [6.07, 6.45) is 7.70. The van der Waals surface area contributed by atoms with Gasteiger partial charge in [-0.15, -0.1) is 0 Å². The highest BCUT2D eigenvalue weighted by molar-refractivity contribution is 5.56. The van der Waals surface area contributed by atoms with E-state index in [1.54, 1.807) is 0 Å². The van der Waals surface area contributed by atoms with Gasteiger partial charge in [-0.1, -0.05) is 39.0 Å². The van der Waals surface area contributed by atoms with Gasteiger partial charge >= 0.3 is 0 Å². The predicted molar refractivity (Wildman–Crippen MR) is 54.5 cm³/mol. The molecular formula is C11H21O2. The number of carbonyl (C=O) groups excluding carboxylic acids is 1. The number of ether oxygens (including phenoxy) is 1. The van der Waals surface area contributed by atoms with Crippen molar-refractivity contribution in [1.29, 1.82) is 0 Å². The largest absolute Gasteiger partial charge is 0.371 e. The SMILES string of the molecule is [CH2]C(C=O)OCCCCCCCC. The van der Waals surface area contributed by atoms with Gasteiger partial charge in [0.1, 0.15) is 12.4 Å². The van der Waals surface area contributed by atoms with Crippen molar-refractivity contribution >= 4 is 6.29 Å². The number of hydrogen-bond acceptors (Lipinski definition) is 2. The maximum atomic E-state index is 10.1. The Morgan fingerprint density at radius 1 is 1.23 bits per heavy atom. The van der Waals surface area contributed by atoms with Crippen LogP contribution in [0.2, 0.25) is 0 Å². The molecule has 0 rings (SSSR count). The van der Waals surface area contributed by atoms with Gasteiger partial charge in [0.15, 0.2) is 0 Å². The summed E-state index contributed by atoms with van der Waals surface area (Å²) in [4.78, 5) is 10.1. The summed E-state index contributed by atoms with van der Waals surface area (Å²) in [5.74, 6) is 0. The van der Waals surface area contributed by atoms with Crippen LogP contribution in [0, 0.1) is 6.92 Å². The summed E-state index contributed by atoms with van der Waals surface area (Å²) < 4.78 is 5.12. The van der Waals surface area contributed by atoms with Crippen molar-refractivity contribution < 1.29 is 9.53 Å². The zero-order chi connectivity index (χ0) is 9.94. The van der Waals surface area contributed by atoms with Crippen LogP contribution in [0.3, 0.4) is 0 Å². The lowest BCUT2D eigenvalue weighted by Gasteiger charge is -2.05. The fourth-order valence-corrected chi connectivity index (χ4v) is 1.16. The molecule has 13 heavy (non-hydrogen) atoms. The first kappa shape index (κ1) is 12.6. The highest BCUT2D eigenvalue weighted by Crippen LogP contribution is 2.05. The molecule has 0 N–H and O–H groups in total. The van der Waals surface area contributed by atoms with Gasteiger partial charge in [-0.3, -0.25) is 0 Å². The van der Waals surface area contributed by atoms with Gasteiger partial charge in [-0.05, 0) is 13.3 Å². The lowest BCUT2D eigenvalue weighted by Crippen LogP contribution is -2.10. The Hall–Kier alpha value is -0.370. The van der Waals surface area contributed by atoms with Gasteiger partial charge in [-0.25, -0.2) is 0 Å². The van der Waals surface area contributed by atoms with Crippen molar-refractivity contribution in [2.75, 3.05) is 6.61 Å². The van der Waals surface area contributed by atoms with Crippen molar-refractivity contribution in [2.45, 2.75) is 51.6 Å². The van der Waals surface area contributed by atoms with Crippen LogP contribution in [0.25, 0.3) is 0 Å². The molecule has 0 bridgehead atoms. The summed E-state index contributed by atoms with van der Waals surface area (Å²) in [6.45, 7) is 6.39. The highest BCUT2D eigenvalue weighted by Gasteiger charge is 1.97. The summed E-state index contributed by atoms with van der Waals surface area (Å²) >= 11 is 0. The standard InChI is InChI=1S/C11H21O2/c1-3-4-5-6-7-8-9-13-11(2)10-12/h10-11H,2-9H2,1H3. The van der Waals surface area contributed by atoms with Crippen LogP contribution in [-0.4, -0.2) is 19.0 Å². The minimum absolute atomic E-state index is 0.476. The van der Waals surface area contributed by atoms with Gasteiger partial charge in [-0.2, -0.15) is 0 Å². The normalized spacial score (nSPS) is 12.8. The summed E-state index contributed by atoms with van der Waals surface area (Å²) in [5.41, 5.74) is 0. The van der Waals surface area contributed by atoms with E-state index >= 15 is 0 Å². The van der Waals surface area contributed by atoms with Gasteiger partial charge in [0.25, 0.3) is 0 Å². The smallest absolute Gasteiger partial charge is 0.148 e. The fourth-order valence-electron chi connectivity index (χ4n) is 1.16. The topological polar surface area (TPSA) is 26.3 Å². The van der Waals surface area contributed by atoms with Crippen molar-refractivity contribution in [3.05, 3.63) is 6.92 Å². The third-order valence-corrected chi connectivity index (χ3v) is 1.98. The molecule has 0 heterocycles. The fraction of sp³-hybridized carbons (Fsp3) is 0.818. The van der Waals surface area contributed by atoms with E-state index in [0.29, 0.717) is 6.61 Å². The van der Waals surface area contributed by atoms with E-state index in [9.17, 15) is 4.79 Å². The van der Waals surface area contributed by atoms with Crippen LogP contribution in [0.4, 0.5) is 0 Å². The third kappa shape index (κ3) is 9.54. The lowest BCUT2D eigenvalue weighted by atomic mass is 10.1. The molecule has 0 fully saturated rings. The van der Waals surface area contributed by atoms with Crippen molar-refractivity contribution in [3.8, 4) is 0 Å². The third-order valence-electron chi connectivity index (χ3n) is 1.98. The Morgan fingerprint density at radius 2 is 1.85 bits per heavy atom. The van der Waals surface area contributed by atoms with Gasteiger partial charge < -0.3 is 9.53 Å². The molecule has 77 valence electrons. The van der Waals surface area contributed by atoms with E-state index in [1.807, 2.05) is 0 Å². The second-order valence-electron chi connectivity index (χ2n) is 3.31. The van der Waals surface area contributed by atoms with Crippen molar-refractivity contribution in [1.82, 2.24) is 0 Å². The first-order valence-corrected chi connectivity index (χ1v) is 5.21. The molecule has 1 atom stereocenters. The molecule has 2 nitrogen and oxygen atoms in total. The van der Waals surface area contributed by atoms with Crippen LogP contribution in [0.15, 0.2) is 0 Å². The monoisotopic (exact) mass is 185 g/mol. The Bertz CT molecular complexity index is 113. The van der Waals surface area contributed by atoms with Gasteiger partial charge in [0.05, 0.1) is 0 Å². The molecule has 1 unspecified atom stereocenters. The van der Waals surface area contributed by atoms with E-state index in [1.165, 1.54) is 32.1 Å². The molecule has 0 spiro atoms. The van der Waals surface area contributed by atoms with Crippen LogP contribution in [0.1, 0.15) is 45.4 Å². The summed E-state index contributed by atoms with van der Waals surface area (Å²) in [5, 5.41) is 0. The number of rotatable bonds is 9. The molecule has 0 saturated heterocycles. The molecular weight excluding hydrogens is 164 g/mol. The summed E-state index contributed by atoms with van der Waals surface area (Å²) in [7, 11) is 0. The van der Waals surface area contributed by atoms with Gasteiger partial charge in [0, 0.05) is 6.61 Å². The first-order valence-electron chi connectivity index (χ1n) is 5.21. The van der Waals surface area contributed by atoms with E-state index < -0.39 is 6.10 Å². The minimum Gasteiger partial charge on any atom is -0.371 e. The maximum absolute atomic E-state index is 10.1. The second kappa shape index (κ2) is 9.72. The molecule has 0 aromatic heterocycles. The molecule has 2 heteroatoms. The minimum atomic E-state index is -0.476. The highest BCUT2D eigenvalue weighted by atomic mass is 16.5. The predicted octanol–water partition coefficient (Wildman–Crippen LogP) is 2.77. The molecule has 1 radical (unpaired) electrons. The molecule has 0 aromatic rings. The van der Waals surface area contributed by atoms with E-state index in [-0.39, 0.29) is 0 Å². The lowest BCUT2D eigenvalue weighted by molar-refractivity contribution is -0.115. The van der Waals surface area contributed by atoms with Crippen LogP contribution in [-0.2, 0) is 9.53 Å². The number of unbranched alkanes of at least 4 members (excludes halogenated alkanes) is 5. The Labute approximate surface area is 81.7 Å². The van der Waals surface area contributed by atoms with E-state index in [4.69, 9.17) is 4.74 Å². The molecule has 0 aromatic carbocycles. The number of aldehydes is 1. The molecule has 0 amide bonds.